The molecule has 2 aliphatic rings. The summed E-state index contributed by atoms with van der Waals surface area (Å²) in [6.07, 6.45) is 5.21. The van der Waals surface area contributed by atoms with Crippen LogP contribution in [0, 0.1) is 5.82 Å². The molecule has 200 valence electrons. The van der Waals surface area contributed by atoms with Crippen molar-refractivity contribution in [3.05, 3.63) is 76.2 Å². The molecule has 2 aliphatic heterocycles. The average molecular weight is 521 g/mol. The van der Waals surface area contributed by atoms with Gasteiger partial charge in [0.1, 0.15) is 11.3 Å². The van der Waals surface area contributed by atoms with Crippen LogP contribution in [0.2, 0.25) is 0 Å². The fraction of sp³-hybridized carbons (Fsp3) is 0.429. The van der Waals surface area contributed by atoms with Gasteiger partial charge < -0.3 is 14.5 Å². The van der Waals surface area contributed by atoms with E-state index >= 15 is 0 Å². The number of nitrogens with zero attached hydrogens (tertiary/aromatic N) is 6. The van der Waals surface area contributed by atoms with Crippen molar-refractivity contribution >= 4 is 21.8 Å². The van der Waals surface area contributed by atoms with Gasteiger partial charge in [-0.15, -0.1) is 0 Å². The van der Waals surface area contributed by atoms with Crippen LogP contribution in [0.15, 0.2) is 53.7 Å². The number of morpholine rings is 1. The minimum absolute atomic E-state index is 0.246. The summed E-state index contributed by atoms with van der Waals surface area (Å²) in [5.74, 6) is -0.260. The van der Waals surface area contributed by atoms with Crippen LogP contribution in [-0.2, 0) is 17.8 Å². The molecule has 10 heteroatoms. The number of halogens is 1. The van der Waals surface area contributed by atoms with E-state index in [9.17, 15) is 14.4 Å². The molecule has 9 nitrogen and oxygen atoms in total. The molecule has 1 N–H and O–H groups in total. The van der Waals surface area contributed by atoms with Gasteiger partial charge in [0.05, 0.1) is 24.9 Å². The molecule has 0 atom stereocenters. The Bertz CT molecular complexity index is 1470. The highest BCUT2D eigenvalue weighted by molar-refractivity contribution is 6.06. The van der Waals surface area contributed by atoms with Crippen molar-refractivity contribution in [2.24, 2.45) is 0 Å². The molecule has 6 rings (SSSR count). The molecule has 0 saturated carbocycles. The van der Waals surface area contributed by atoms with Crippen molar-refractivity contribution in [3.63, 3.8) is 0 Å². The third kappa shape index (κ3) is 5.17. The molecular weight excluding hydrogens is 487 g/mol. The van der Waals surface area contributed by atoms with Crippen LogP contribution in [0.5, 0.6) is 0 Å². The van der Waals surface area contributed by atoms with Crippen molar-refractivity contribution in [2.45, 2.75) is 13.1 Å². The molecule has 0 aliphatic carbocycles. The maximum Gasteiger partial charge on any atom is 0.309 e. The lowest BCUT2D eigenvalue weighted by Crippen LogP contribution is -2.49. The Balaban J connectivity index is 1.24. The first kappa shape index (κ1) is 25.0. The standard InChI is InChI=1S/C28H33FN6O3/c29-23-3-1-21(2-4-23)18-34-20-22(26-24-5-6-35(37)28(36)27(24)30-17-25(26)34)19-33-11-9-31(10-12-33)7-8-32-13-15-38-16-14-32/h1-6,17,20,37H,7-16,18-19H2. The first-order valence-corrected chi connectivity index (χ1v) is 13.3. The second kappa shape index (κ2) is 10.8. The zero-order chi connectivity index (χ0) is 26.1. The van der Waals surface area contributed by atoms with Crippen LogP contribution >= 0.6 is 0 Å². The van der Waals surface area contributed by atoms with Crippen molar-refractivity contribution < 1.29 is 14.3 Å². The molecule has 2 fully saturated rings. The number of hydrogen-bond acceptors (Lipinski definition) is 7. The number of hydrogen-bond donors (Lipinski definition) is 1. The Kier molecular flexibility index (Phi) is 7.12. The minimum Gasteiger partial charge on any atom is -0.425 e. The number of fused-ring (bicyclic) bond motifs is 3. The highest BCUT2D eigenvalue weighted by Gasteiger charge is 2.22. The lowest BCUT2D eigenvalue weighted by atomic mass is 10.1. The number of ether oxygens (including phenoxy) is 1. The van der Waals surface area contributed by atoms with Gasteiger partial charge in [0.25, 0.3) is 0 Å². The predicted molar refractivity (Wildman–Crippen MR) is 143 cm³/mol. The summed E-state index contributed by atoms with van der Waals surface area (Å²) in [6, 6.07) is 8.27. The lowest BCUT2D eigenvalue weighted by Gasteiger charge is -2.36. The SMILES string of the molecule is O=c1c2ncc3c(c(CN4CCN(CCN5CCOCC5)CC4)cn3Cc3ccc(F)cc3)c2ccn1O. The number of rotatable bonds is 7. The van der Waals surface area contributed by atoms with Gasteiger partial charge in [-0.05, 0) is 29.3 Å². The fourth-order valence-electron chi connectivity index (χ4n) is 5.60. The lowest BCUT2D eigenvalue weighted by molar-refractivity contribution is 0.0297. The largest absolute Gasteiger partial charge is 0.425 e. The minimum atomic E-state index is -0.532. The van der Waals surface area contributed by atoms with Crippen molar-refractivity contribution in [1.82, 2.24) is 29.0 Å². The second-order valence-corrected chi connectivity index (χ2v) is 10.2. The molecule has 5 heterocycles. The maximum atomic E-state index is 13.5. The maximum absolute atomic E-state index is 13.5. The molecular formula is C28H33FN6O3. The summed E-state index contributed by atoms with van der Waals surface area (Å²) >= 11 is 0. The predicted octanol–water partition coefficient (Wildman–Crippen LogP) is 2.23. The van der Waals surface area contributed by atoms with Gasteiger partial charge >= 0.3 is 5.56 Å². The van der Waals surface area contributed by atoms with Crippen molar-refractivity contribution in [3.8, 4) is 0 Å². The molecule has 0 amide bonds. The topological polar surface area (TPSA) is 79.0 Å². The van der Waals surface area contributed by atoms with Gasteiger partial charge in [-0.1, -0.05) is 12.1 Å². The van der Waals surface area contributed by atoms with Gasteiger partial charge in [-0.2, -0.15) is 4.73 Å². The zero-order valence-electron chi connectivity index (χ0n) is 21.4. The first-order chi connectivity index (χ1) is 18.5. The van der Waals surface area contributed by atoms with Crippen LogP contribution < -0.4 is 5.56 Å². The van der Waals surface area contributed by atoms with Crippen molar-refractivity contribution in [2.75, 3.05) is 65.6 Å². The van der Waals surface area contributed by atoms with Gasteiger partial charge in [-0.25, -0.2) is 9.37 Å². The van der Waals surface area contributed by atoms with E-state index in [0.717, 1.165) is 99.5 Å². The Morgan fingerprint density at radius 1 is 0.895 bits per heavy atom. The van der Waals surface area contributed by atoms with E-state index in [1.807, 2.05) is 0 Å². The highest BCUT2D eigenvalue weighted by Crippen LogP contribution is 2.29. The summed E-state index contributed by atoms with van der Waals surface area (Å²) < 4.78 is 21.6. The van der Waals surface area contributed by atoms with Crippen LogP contribution in [-0.4, -0.2) is 99.8 Å². The van der Waals surface area contributed by atoms with Gasteiger partial charge in [-0.3, -0.25) is 19.5 Å². The van der Waals surface area contributed by atoms with E-state index in [1.165, 1.54) is 18.3 Å². The van der Waals surface area contributed by atoms with E-state index in [0.29, 0.717) is 11.3 Å². The molecule has 3 aromatic heterocycles. The van der Waals surface area contributed by atoms with E-state index in [2.05, 4.69) is 30.4 Å². The fourth-order valence-corrected chi connectivity index (χ4v) is 5.60. The second-order valence-electron chi connectivity index (χ2n) is 10.2. The summed E-state index contributed by atoms with van der Waals surface area (Å²) in [4.78, 5) is 24.5. The number of benzene rings is 1. The highest BCUT2D eigenvalue weighted by atomic mass is 19.1. The number of piperazine rings is 1. The summed E-state index contributed by atoms with van der Waals surface area (Å²) in [5, 5.41) is 11.6. The van der Waals surface area contributed by atoms with Crippen LogP contribution in [0.25, 0.3) is 21.8 Å². The third-order valence-corrected chi connectivity index (χ3v) is 7.79. The van der Waals surface area contributed by atoms with Crippen LogP contribution in [0.4, 0.5) is 4.39 Å². The Labute approximate surface area is 220 Å². The van der Waals surface area contributed by atoms with Gasteiger partial charge in [0.2, 0.25) is 0 Å². The molecule has 0 spiro atoms. The van der Waals surface area contributed by atoms with Crippen LogP contribution in [0.3, 0.4) is 0 Å². The average Bonchev–Trinajstić information content (AvgIpc) is 3.29. The zero-order valence-corrected chi connectivity index (χ0v) is 21.4. The summed E-state index contributed by atoms with van der Waals surface area (Å²) in [6.45, 7) is 11.2. The summed E-state index contributed by atoms with van der Waals surface area (Å²) in [7, 11) is 0. The molecule has 38 heavy (non-hydrogen) atoms. The Hall–Kier alpha value is -3.31. The molecule has 0 bridgehead atoms. The van der Waals surface area contributed by atoms with E-state index in [1.54, 1.807) is 24.4 Å². The van der Waals surface area contributed by atoms with Gasteiger partial charge in [0, 0.05) is 88.6 Å². The quantitative estimate of drug-likeness (QED) is 0.375. The molecule has 4 aromatic rings. The van der Waals surface area contributed by atoms with Gasteiger partial charge in [0.15, 0.2) is 0 Å². The van der Waals surface area contributed by atoms with Crippen LogP contribution in [0.1, 0.15) is 11.1 Å². The smallest absolute Gasteiger partial charge is 0.309 e. The normalized spacial score (nSPS) is 18.0. The monoisotopic (exact) mass is 520 g/mol. The molecule has 1 aromatic carbocycles. The Morgan fingerprint density at radius 2 is 1.58 bits per heavy atom. The molecule has 0 unspecified atom stereocenters. The van der Waals surface area contributed by atoms with E-state index in [4.69, 9.17) is 4.74 Å². The summed E-state index contributed by atoms with van der Waals surface area (Å²) in [5.41, 5.74) is 2.73. The molecule has 0 radical (unpaired) electrons. The Morgan fingerprint density at radius 3 is 2.32 bits per heavy atom. The molecule has 2 saturated heterocycles. The van der Waals surface area contributed by atoms with Crippen molar-refractivity contribution in [1.29, 1.82) is 0 Å². The number of pyridine rings is 2. The third-order valence-electron chi connectivity index (χ3n) is 7.79. The number of aromatic nitrogens is 3. The van der Waals surface area contributed by atoms with E-state index in [-0.39, 0.29) is 11.3 Å². The van der Waals surface area contributed by atoms with E-state index < -0.39 is 5.56 Å². The first-order valence-electron chi connectivity index (χ1n) is 13.3.